The Labute approximate surface area is 188 Å². The average molecular weight is 457 g/mol. The van der Waals surface area contributed by atoms with E-state index >= 15 is 0 Å². The first-order chi connectivity index (χ1) is 15.6. The number of benzene rings is 2. The highest BCUT2D eigenvalue weighted by atomic mass is 16.4. The summed E-state index contributed by atoms with van der Waals surface area (Å²) < 4.78 is 0. The van der Waals surface area contributed by atoms with E-state index in [1.54, 1.807) is 12.1 Å². The number of aliphatic hydroxyl groups is 5. The van der Waals surface area contributed by atoms with Gasteiger partial charge in [0, 0.05) is 29.0 Å². The maximum Gasteiger partial charge on any atom is 0.215 e. The Kier molecular flexibility index (Phi) is 8.55. The van der Waals surface area contributed by atoms with Gasteiger partial charge in [0.2, 0.25) is 11.4 Å². The molecule has 2 rings (SSSR count). The Hall–Kier alpha value is -3.44. The highest BCUT2D eigenvalue weighted by Gasteiger charge is 2.62. The second-order valence-electron chi connectivity index (χ2n) is 7.21. The van der Waals surface area contributed by atoms with Crippen LogP contribution in [0.15, 0.2) is 65.8 Å². The number of nitrogens with zero attached hydrogens (tertiary/aromatic N) is 3. The predicted molar refractivity (Wildman–Crippen MR) is 114 cm³/mol. The standard InChI is InChI=1S/C22H23N3O8/c23-25-24-12-11-16(27)21(32,18(29)14-7-3-1-4-8-14)20(31)22(33,17(28)13-26)19(30)15-9-5-2-6-10-15/h1-10,17,20,26,28,31-33H,11-13H2. The van der Waals surface area contributed by atoms with E-state index in [1.807, 2.05) is 0 Å². The van der Waals surface area contributed by atoms with Crippen LogP contribution in [0.1, 0.15) is 27.1 Å². The lowest BCUT2D eigenvalue weighted by Gasteiger charge is -2.41. The molecule has 0 aliphatic rings. The van der Waals surface area contributed by atoms with E-state index in [2.05, 4.69) is 10.0 Å². The van der Waals surface area contributed by atoms with Crippen molar-refractivity contribution in [2.75, 3.05) is 13.2 Å². The van der Waals surface area contributed by atoms with Gasteiger partial charge < -0.3 is 25.5 Å². The lowest BCUT2D eigenvalue weighted by Crippen LogP contribution is -2.71. The number of rotatable bonds is 12. The fourth-order valence-electron chi connectivity index (χ4n) is 3.34. The van der Waals surface area contributed by atoms with Crippen LogP contribution in [0.4, 0.5) is 0 Å². The summed E-state index contributed by atoms with van der Waals surface area (Å²) in [7, 11) is 0. The summed E-state index contributed by atoms with van der Waals surface area (Å²) in [4.78, 5) is 41.7. The van der Waals surface area contributed by atoms with E-state index in [1.165, 1.54) is 48.5 Å². The van der Waals surface area contributed by atoms with Crippen LogP contribution in [-0.2, 0) is 4.79 Å². The van der Waals surface area contributed by atoms with Crippen molar-refractivity contribution in [1.82, 2.24) is 0 Å². The molecule has 11 nitrogen and oxygen atoms in total. The summed E-state index contributed by atoms with van der Waals surface area (Å²) in [5, 5.41) is 56.4. The number of hydrogen-bond acceptors (Lipinski definition) is 9. The Morgan fingerprint density at radius 3 is 1.85 bits per heavy atom. The van der Waals surface area contributed by atoms with Gasteiger partial charge in [0.05, 0.1) is 6.61 Å². The number of ketones is 3. The van der Waals surface area contributed by atoms with Gasteiger partial charge in [-0.25, -0.2) is 0 Å². The molecule has 0 radical (unpaired) electrons. The zero-order valence-electron chi connectivity index (χ0n) is 17.4. The van der Waals surface area contributed by atoms with Crippen molar-refractivity contribution in [3.63, 3.8) is 0 Å². The first-order valence-corrected chi connectivity index (χ1v) is 9.81. The summed E-state index contributed by atoms with van der Waals surface area (Å²) in [6, 6.07) is 13.6. The summed E-state index contributed by atoms with van der Waals surface area (Å²) in [5.41, 5.74) is 1.14. The topological polar surface area (TPSA) is 201 Å². The molecule has 11 heteroatoms. The van der Waals surface area contributed by atoms with Crippen molar-refractivity contribution in [3.8, 4) is 0 Å². The molecule has 0 aromatic heterocycles. The Balaban J connectivity index is 2.67. The number of azide groups is 1. The van der Waals surface area contributed by atoms with Crippen LogP contribution in [0.3, 0.4) is 0 Å². The minimum absolute atomic E-state index is 0.234. The Bertz CT molecular complexity index is 1040. The van der Waals surface area contributed by atoms with Gasteiger partial charge in [0.15, 0.2) is 17.2 Å². The molecule has 0 saturated carbocycles. The first-order valence-electron chi connectivity index (χ1n) is 9.81. The molecule has 0 bridgehead atoms. The van der Waals surface area contributed by atoms with Crippen molar-refractivity contribution in [3.05, 3.63) is 82.2 Å². The third-order valence-electron chi connectivity index (χ3n) is 5.20. The van der Waals surface area contributed by atoms with E-state index in [-0.39, 0.29) is 11.1 Å². The van der Waals surface area contributed by atoms with Crippen LogP contribution in [0.5, 0.6) is 0 Å². The molecule has 33 heavy (non-hydrogen) atoms. The first kappa shape index (κ1) is 25.8. The smallest absolute Gasteiger partial charge is 0.215 e. The molecule has 4 atom stereocenters. The van der Waals surface area contributed by atoms with Crippen LogP contribution >= 0.6 is 0 Å². The largest absolute Gasteiger partial charge is 0.394 e. The molecular formula is C22H23N3O8. The van der Waals surface area contributed by atoms with Crippen LogP contribution in [0.2, 0.25) is 0 Å². The third kappa shape index (κ3) is 4.99. The zero-order valence-corrected chi connectivity index (χ0v) is 17.4. The molecule has 0 spiro atoms. The lowest BCUT2D eigenvalue weighted by atomic mass is 9.71. The molecule has 0 aliphatic heterocycles. The predicted octanol–water partition coefficient (Wildman–Crippen LogP) is 0.198. The van der Waals surface area contributed by atoms with Crippen molar-refractivity contribution in [2.24, 2.45) is 5.11 Å². The highest BCUT2D eigenvalue weighted by Crippen LogP contribution is 2.33. The highest BCUT2D eigenvalue weighted by molar-refractivity contribution is 6.19. The summed E-state index contributed by atoms with van der Waals surface area (Å²) in [5.74, 6) is -4.09. The third-order valence-corrected chi connectivity index (χ3v) is 5.20. The lowest BCUT2D eigenvalue weighted by molar-refractivity contribution is -0.184. The second kappa shape index (κ2) is 10.9. The van der Waals surface area contributed by atoms with Gasteiger partial charge in [0.25, 0.3) is 0 Å². The molecule has 2 aromatic carbocycles. The van der Waals surface area contributed by atoms with Gasteiger partial charge in [-0.05, 0) is 5.53 Å². The normalized spacial score (nSPS) is 16.4. The summed E-state index contributed by atoms with van der Waals surface area (Å²) in [6.45, 7) is -1.76. The van der Waals surface area contributed by atoms with Gasteiger partial charge in [0.1, 0.15) is 12.2 Å². The molecule has 174 valence electrons. The van der Waals surface area contributed by atoms with Crippen LogP contribution in [-0.4, -0.2) is 79.4 Å². The number of Topliss-reactive ketones (excluding diaryl/α,β-unsaturated/α-hetero) is 3. The van der Waals surface area contributed by atoms with Gasteiger partial charge in [-0.1, -0.05) is 65.8 Å². The molecule has 4 unspecified atom stereocenters. The van der Waals surface area contributed by atoms with E-state index in [9.17, 15) is 39.9 Å². The summed E-state index contributed by atoms with van der Waals surface area (Å²) in [6.07, 6.45) is -6.03. The van der Waals surface area contributed by atoms with Gasteiger partial charge >= 0.3 is 0 Å². The molecule has 0 saturated heterocycles. The van der Waals surface area contributed by atoms with Crippen molar-refractivity contribution in [1.29, 1.82) is 0 Å². The quantitative estimate of drug-likeness (QED) is 0.0977. The molecule has 0 heterocycles. The Morgan fingerprint density at radius 1 is 0.909 bits per heavy atom. The SMILES string of the molecule is [N-]=[N+]=NCCC(=O)C(O)(C(=O)c1ccccc1)C(O)C(O)(C(=O)c1ccccc1)C(O)CO. The second-order valence-corrected chi connectivity index (χ2v) is 7.21. The minimum Gasteiger partial charge on any atom is -0.394 e. The molecule has 0 aliphatic carbocycles. The molecule has 5 N–H and O–H groups in total. The minimum atomic E-state index is -3.44. The van der Waals surface area contributed by atoms with Crippen molar-refractivity contribution < 1.29 is 39.9 Å². The molecule has 2 aromatic rings. The zero-order chi connectivity index (χ0) is 24.6. The van der Waals surface area contributed by atoms with Gasteiger partial charge in [-0.15, -0.1) is 0 Å². The van der Waals surface area contributed by atoms with Crippen LogP contribution in [0.25, 0.3) is 10.4 Å². The number of carbonyl (C=O) groups is 3. The number of hydrogen-bond donors (Lipinski definition) is 5. The van der Waals surface area contributed by atoms with E-state index in [4.69, 9.17) is 5.53 Å². The van der Waals surface area contributed by atoms with E-state index in [0.717, 1.165) is 0 Å². The maximum absolute atomic E-state index is 13.2. The van der Waals surface area contributed by atoms with E-state index in [0.29, 0.717) is 0 Å². The molecule has 0 amide bonds. The van der Waals surface area contributed by atoms with Crippen molar-refractivity contribution >= 4 is 17.3 Å². The van der Waals surface area contributed by atoms with Crippen molar-refractivity contribution in [2.45, 2.75) is 29.8 Å². The maximum atomic E-state index is 13.2. The number of aliphatic hydroxyl groups excluding tert-OH is 3. The molecular weight excluding hydrogens is 434 g/mol. The van der Waals surface area contributed by atoms with E-state index < -0.39 is 60.3 Å². The Morgan fingerprint density at radius 2 is 1.39 bits per heavy atom. The fraction of sp³-hybridized carbons (Fsp3) is 0.318. The average Bonchev–Trinajstić information content (AvgIpc) is 2.86. The number of carbonyl (C=O) groups excluding carboxylic acids is 3. The summed E-state index contributed by atoms with van der Waals surface area (Å²) >= 11 is 0. The van der Waals surface area contributed by atoms with Gasteiger partial charge in [-0.3, -0.25) is 14.4 Å². The van der Waals surface area contributed by atoms with Gasteiger partial charge in [-0.2, -0.15) is 0 Å². The fourth-order valence-corrected chi connectivity index (χ4v) is 3.34. The van der Waals surface area contributed by atoms with Crippen LogP contribution in [0, 0.1) is 0 Å². The van der Waals surface area contributed by atoms with Crippen LogP contribution < -0.4 is 0 Å². The monoisotopic (exact) mass is 457 g/mol. The molecule has 0 fully saturated rings.